The lowest BCUT2D eigenvalue weighted by molar-refractivity contribution is -0.126. The summed E-state index contributed by atoms with van der Waals surface area (Å²) in [6, 6.07) is 9.35. The molecular weight excluding hydrogens is 316 g/mol. The van der Waals surface area contributed by atoms with Crippen LogP contribution in [0.1, 0.15) is 19.8 Å². The smallest absolute Gasteiger partial charge is 0.223 e. The lowest BCUT2D eigenvalue weighted by atomic mass is 9.97. The maximum atomic E-state index is 12.2. The molecule has 1 aliphatic heterocycles. The fraction of sp³-hybridized carbons (Fsp3) is 0.562. The van der Waals surface area contributed by atoms with Gasteiger partial charge in [-0.2, -0.15) is 0 Å². The van der Waals surface area contributed by atoms with Crippen LogP contribution in [0.4, 0.5) is 0 Å². The summed E-state index contributed by atoms with van der Waals surface area (Å²) in [6.07, 6.45) is 2.33. The molecule has 1 amide bonds. The molecule has 23 heavy (non-hydrogen) atoms. The molecule has 1 saturated heterocycles. The summed E-state index contributed by atoms with van der Waals surface area (Å²) in [7, 11) is -3.16. The van der Waals surface area contributed by atoms with Gasteiger partial charge in [0.1, 0.15) is 12.4 Å². The van der Waals surface area contributed by atoms with Crippen LogP contribution in [-0.4, -0.2) is 50.6 Å². The second-order valence-corrected chi connectivity index (χ2v) is 7.95. The number of rotatable bonds is 6. The normalized spacial score (nSPS) is 18.3. The Morgan fingerprint density at radius 2 is 1.91 bits per heavy atom. The molecule has 2 rings (SSSR count). The number of ether oxygens (including phenoxy) is 1. The fourth-order valence-electron chi connectivity index (χ4n) is 2.59. The zero-order chi connectivity index (χ0) is 16.9. The van der Waals surface area contributed by atoms with Gasteiger partial charge in [-0.1, -0.05) is 18.2 Å². The number of para-hydroxylation sites is 1. The fourth-order valence-corrected chi connectivity index (χ4v) is 3.46. The van der Waals surface area contributed by atoms with Crippen molar-refractivity contribution in [1.82, 2.24) is 9.62 Å². The van der Waals surface area contributed by atoms with Gasteiger partial charge in [0.25, 0.3) is 0 Å². The van der Waals surface area contributed by atoms with E-state index in [4.69, 9.17) is 4.74 Å². The first-order valence-corrected chi connectivity index (χ1v) is 9.64. The summed E-state index contributed by atoms with van der Waals surface area (Å²) in [5, 5.41) is 2.94. The molecule has 7 heteroatoms. The van der Waals surface area contributed by atoms with Gasteiger partial charge in [-0.3, -0.25) is 4.79 Å². The molecule has 128 valence electrons. The molecule has 1 aromatic rings. The Bertz CT molecular complexity index is 610. The summed E-state index contributed by atoms with van der Waals surface area (Å²) >= 11 is 0. The van der Waals surface area contributed by atoms with E-state index < -0.39 is 10.0 Å². The Labute approximate surface area is 137 Å². The highest BCUT2D eigenvalue weighted by molar-refractivity contribution is 7.88. The number of nitrogens with zero attached hydrogens (tertiary/aromatic N) is 1. The van der Waals surface area contributed by atoms with Crippen LogP contribution in [0.15, 0.2) is 30.3 Å². The van der Waals surface area contributed by atoms with E-state index in [1.165, 1.54) is 10.6 Å². The van der Waals surface area contributed by atoms with Crippen molar-refractivity contribution in [1.29, 1.82) is 0 Å². The minimum Gasteiger partial charge on any atom is -0.491 e. The van der Waals surface area contributed by atoms with Crippen molar-refractivity contribution in [3.8, 4) is 5.75 Å². The van der Waals surface area contributed by atoms with Crippen molar-refractivity contribution in [2.75, 3.05) is 26.0 Å². The topological polar surface area (TPSA) is 75.7 Å². The van der Waals surface area contributed by atoms with E-state index in [9.17, 15) is 13.2 Å². The zero-order valence-electron chi connectivity index (χ0n) is 13.6. The maximum absolute atomic E-state index is 12.2. The maximum Gasteiger partial charge on any atom is 0.223 e. The Morgan fingerprint density at radius 1 is 1.30 bits per heavy atom. The molecule has 0 aromatic heterocycles. The summed E-state index contributed by atoms with van der Waals surface area (Å²) in [5.74, 6) is 0.615. The van der Waals surface area contributed by atoms with Crippen molar-refractivity contribution >= 4 is 15.9 Å². The number of piperidine rings is 1. The van der Waals surface area contributed by atoms with E-state index in [0.29, 0.717) is 32.5 Å². The summed E-state index contributed by atoms with van der Waals surface area (Å²) in [6.45, 7) is 3.11. The number of amides is 1. The van der Waals surface area contributed by atoms with Gasteiger partial charge in [-0.15, -0.1) is 0 Å². The molecule has 0 spiro atoms. The van der Waals surface area contributed by atoms with Crippen LogP contribution < -0.4 is 10.1 Å². The van der Waals surface area contributed by atoms with E-state index >= 15 is 0 Å². The number of benzene rings is 1. The third kappa shape index (κ3) is 5.51. The monoisotopic (exact) mass is 340 g/mol. The highest BCUT2D eigenvalue weighted by atomic mass is 32.2. The summed E-state index contributed by atoms with van der Waals surface area (Å²) < 4.78 is 30.0. The minimum atomic E-state index is -3.16. The molecular formula is C16H24N2O4S. The Morgan fingerprint density at radius 3 is 2.48 bits per heavy atom. The standard InChI is InChI=1S/C16H24N2O4S/c1-13(12-22-15-6-4-3-5-7-15)17-16(19)14-8-10-18(11-9-14)23(2,20)21/h3-7,13-14H,8-12H2,1-2H3,(H,17,19)/t13-/m0/s1. The first kappa shape index (κ1) is 17.7. The van der Waals surface area contributed by atoms with Crippen LogP contribution in [0.25, 0.3) is 0 Å². The predicted octanol–water partition coefficient (Wildman–Crippen LogP) is 1.24. The first-order valence-electron chi connectivity index (χ1n) is 7.79. The number of carbonyl (C=O) groups excluding carboxylic acids is 1. The van der Waals surface area contributed by atoms with Crippen molar-refractivity contribution in [3.05, 3.63) is 30.3 Å². The van der Waals surface area contributed by atoms with Gasteiger partial charge in [-0.05, 0) is 31.9 Å². The Balaban J connectivity index is 1.74. The van der Waals surface area contributed by atoms with Crippen LogP contribution >= 0.6 is 0 Å². The second kappa shape index (κ2) is 7.79. The van der Waals surface area contributed by atoms with Crippen LogP contribution in [-0.2, 0) is 14.8 Å². The largest absolute Gasteiger partial charge is 0.491 e. The lowest BCUT2D eigenvalue weighted by Gasteiger charge is -2.30. The molecule has 1 aromatic carbocycles. The number of sulfonamides is 1. The lowest BCUT2D eigenvalue weighted by Crippen LogP contribution is -2.45. The van der Waals surface area contributed by atoms with E-state index in [1.807, 2.05) is 37.3 Å². The minimum absolute atomic E-state index is 0.0256. The summed E-state index contributed by atoms with van der Waals surface area (Å²) in [5.41, 5.74) is 0. The van der Waals surface area contributed by atoms with Crippen LogP contribution in [0.2, 0.25) is 0 Å². The predicted molar refractivity (Wildman–Crippen MR) is 88.7 cm³/mol. The first-order chi connectivity index (χ1) is 10.9. The highest BCUT2D eigenvalue weighted by Gasteiger charge is 2.29. The molecule has 0 aliphatic carbocycles. The molecule has 0 unspecified atom stereocenters. The molecule has 1 N–H and O–H groups in total. The van der Waals surface area contributed by atoms with E-state index in [-0.39, 0.29) is 17.9 Å². The van der Waals surface area contributed by atoms with E-state index in [1.54, 1.807) is 0 Å². The van der Waals surface area contributed by atoms with Crippen LogP contribution in [0.3, 0.4) is 0 Å². The van der Waals surface area contributed by atoms with Gasteiger partial charge in [-0.25, -0.2) is 12.7 Å². The van der Waals surface area contributed by atoms with Crippen molar-refractivity contribution in [3.63, 3.8) is 0 Å². The van der Waals surface area contributed by atoms with E-state index in [2.05, 4.69) is 5.32 Å². The van der Waals surface area contributed by atoms with Crippen molar-refractivity contribution in [2.24, 2.45) is 5.92 Å². The van der Waals surface area contributed by atoms with Gasteiger partial charge in [0, 0.05) is 19.0 Å². The third-order valence-electron chi connectivity index (χ3n) is 3.93. The molecule has 0 radical (unpaired) electrons. The summed E-state index contributed by atoms with van der Waals surface area (Å²) in [4.78, 5) is 12.2. The van der Waals surface area contributed by atoms with Gasteiger partial charge in [0.15, 0.2) is 0 Å². The van der Waals surface area contributed by atoms with Gasteiger partial charge < -0.3 is 10.1 Å². The Kier molecular flexibility index (Phi) is 6.01. The van der Waals surface area contributed by atoms with Gasteiger partial charge in [0.05, 0.1) is 12.3 Å². The number of carbonyl (C=O) groups is 1. The molecule has 1 heterocycles. The van der Waals surface area contributed by atoms with Crippen molar-refractivity contribution in [2.45, 2.75) is 25.8 Å². The molecule has 0 saturated carbocycles. The number of hydrogen-bond acceptors (Lipinski definition) is 4. The van der Waals surface area contributed by atoms with Gasteiger partial charge in [0.2, 0.25) is 15.9 Å². The third-order valence-corrected chi connectivity index (χ3v) is 5.23. The van der Waals surface area contributed by atoms with E-state index in [0.717, 1.165) is 5.75 Å². The SMILES string of the molecule is C[C@@H](COc1ccccc1)NC(=O)C1CCN(S(C)(=O)=O)CC1. The second-order valence-electron chi connectivity index (χ2n) is 5.97. The molecule has 6 nitrogen and oxygen atoms in total. The molecule has 0 bridgehead atoms. The quantitative estimate of drug-likeness (QED) is 0.845. The van der Waals surface area contributed by atoms with Crippen LogP contribution in [0.5, 0.6) is 5.75 Å². The molecule has 1 atom stereocenters. The number of nitrogens with one attached hydrogen (secondary N) is 1. The zero-order valence-corrected chi connectivity index (χ0v) is 14.4. The molecule has 1 fully saturated rings. The molecule has 1 aliphatic rings. The average molecular weight is 340 g/mol. The highest BCUT2D eigenvalue weighted by Crippen LogP contribution is 2.19. The van der Waals surface area contributed by atoms with Crippen LogP contribution in [0, 0.1) is 5.92 Å². The van der Waals surface area contributed by atoms with Gasteiger partial charge >= 0.3 is 0 Å². The number of hydrogen-bond donors (Lipinski definition) is 1. The Hall–Kier alpha value is -1.60. The average Bonchev–Trinajstić information content (AvgIpc) is 2.53. The van der Waals surface area contributed by atoms with Crippen molar-refractivity contribution < 1.29 is 17.9 Å².